The Balaban J connectivity index is 1.51. The Kier molecular flexibility index (Phi) is 6.30. The Morgan fingerprint density at radius 2 is 1.87 bits per heavy atom. The smallest absolute Gasteiger partial charge is 0.335 e. The molecule has 2 aliphatic rings. The minimum atomic E-state index is -3.96. The van der Waals surface area contributed by atoms with Gasteiger partial charge in [0.05, 0.1) is 13.2 Å². The second-order valence-corrected chi connectivity index (χ2v) is 8.49. The van der Waals surface area contributed by atoms with E-state index < -0.39 is 36.6 Å². The molecule has 1 aliphatic heterocycles. The lowest BCUT2D eigenvalue weighted by Gasteiger charge is -2.37. The number of hydrogen-bond acceptors (Lipinski definition) is 5. The Bertz CT molecular complexity index is 945. The van der Waals surface area contributed by atoms with E-state index >= 15 is 0 Å². The predicted octanol–water partition coefficient (Wildman–Crippen LogP) is 3.72. The molecule has 0 amide bonds. The molecule has 0 radical (unpaired) electrons. The lowest BCUT2D eigenvalue weighted by atomic mass is 9.90. The van der Waals surface area contributed by atoms with E-state index in [1.807, 2.05) is 24.3 Å². The van der Waals surface area contributed by atoms with Crippen LogP contribution in [0.15, 0.2) is 42.5 Å². The van der Waals surface area contributed by atoms with E-state index in [1.165, 1.54) is 18.9 Å². The molecule has 166 valence electrons. The third-order valence-corrected chi connectivity index (χ3v) is 6.03. The highest BCUT2D eigenvalue weighted by molar-refractivity contribution is 6.31. The number of benzene rings is 2. The maximum Gasteiger partial charge on any atom is 0.335 e. The largest absolute Gasteiger partial charge is 0.493 e. The van der Waals surface area contributed by atoms with Crippen LogP contribution in [-0.4, -0.2) is 47.3 Å². The van der Waals surface area contributed by atoms with Crippen LogP contribution in [0.25, 0.3) is 0 Å². The van der Waals surface area contributed by atoms with Gasteiger partial charge in [-0.15, -0.1) is 0 Å². The Morgan fingerprint density at radius 1 is 1.16 bits per heavy atom. The lowest BCUT2D eigenvalue weighted by molar-refractivity contribution is -0.230. The van der Waals surface area contributed by atoms with Crippen molar-refractivity contribution in [2.75, 3.05) is 13.2 Å². The zero-order chi connectivity index (χ0) is 22.2. The Labute approximate surface area is 183 Å². The van der Waals surface area contributed by atoms with E-state index in [1.54, 1.807) is 12.1 Å². The molecule has 5 nitrogen and oxygen atoms in total. The van der Waals surface area contributed by atoms with Crippen molar-refractivity contribution in [1.29, 1.82) is 0 Å². The number of Topliss-reactive ketones (excluding diaryl/α,β-unsaturated/α-hetero) is 1. The molecule has 2 N–H and O–H groups in total. The van der Waals surface area contributed by atoms with Gasteiger partial charge in [0.1, 0.15) is 18.0 Å². The molecule has 0 spiro atoms. The number of halogens is 3. The second-order valence-electron chi connectivity index (χ2n) is 8.09. The number of rotatable bonds is 7. The van der Waals surface area contributed by atoms with Crippen molar-refractivity contribution in [2.24, 2.45) is 5.92 Å². The van der Waals surface area contributed by atoms with Crippen molar-refractivity contribution in [3.05, 3.63) is 64.2 Å². The summed E-state index contributed by atoms with van der Waals surface area (Å²) in [6, 6.07) is 12.3. The molecule has 8 heteroatoms. The van der Waals surface area contributed by atoms with E-state index in [0.717, 1.165) is 17.9 Å². The normalized spacial score (nSPS) is 25.5. The standard InChI is InChI=1S/C23H23ClF2O5/c24-18-8-5-15(21-20(28)22(29)23(25,26)19(11-27)31-21)10-16(18)9-13-3-6-17(7-4-13)30-12-14-1-2-14/h3-8,10,14,19-21,27-28H,1-2,9,11-12H2. The van der Waals surface area contributed by atoms with Gasteiger partial charge in [-0.3, -0.25) is 4.79 Å². The van der Waals surface area contributed by atoms with Crippen molar-refractivity contribution in [2.45, 2.75) is 43.5 Å². The topological polar surface area (TPSA) is 76.0 Å². The van der Waals surface area contributed by atoms with Crippen molar-refractivity contribution < 1.29 is 33.3 Å². The molecule has 2 fully saturated rings. The number of aliphatic hydroxyl groups is 2. The minimum Gasteiger partial charge on any atom is -0.493 e. The van der Waals surface area contributed by atoms with Gasteiger partial charge in [0, 0.05) is 5.02 Å². The van der Waals surface area contributed by atoms with Crippen molar-refractivity contribution in [1.82, 2.24) is 0 Å². The van der Waals surface area contributed by atoms with Crippen LogP contribution in [0.4, 0.5) is 8.78 Å². The number of carbonyl (C=O) groups excluding carboxylic acids is 1. The van der Waals surface area contributed by atoms with Gasteiger partial charge < -0.3 is 19.7 Å². The molecule has 0 bridgehead atoms. The molecule has 1 aliphatic carbocycles. The molecular formula is C23H23ClF2O5. The molecule has 1 saturated carbocycles. The number of ketones is 1. The fourth-order valence-corrected chi connectivity index (χ4v) is 3.76. The van der Waals surface area contributed by atoms with Gasteiger partial charge in [0.15, 0.2) is 6.10 Å². The Morgan fingerprint density at radius 3 is 2.52 bits per heavy atom. The summed E-state index contributed by atoms with van der Waals surface area (Å²) in [5.74, 6) is -4.16. The zero-order valence-corrected chi connectivity index (χ0v) is 17.4. The highest BCUT2D eigenvalue weighted by atomic mass is 35.5. The highest BCUT2D eigenvalue weighted by Gasteiger charge is 2.57. The van der Waals surface area contributed by atoms with Gasteiger partial charge in [-0.1, -0.05) is 35.9 Å². The summed E-state index contributed by atoms with van der Waals surface area (Å²) in [5, 5.41) is 19.8. The highest BCUT2D eigenvalue weighted by Crippen LogP contribution is 2.39. The quantitative estimate of drug-likeness (QED) is 0.669. The molecular weight excluding hydrogens is 430 g/mol. The number of aliphatic hydroxyl groups excluding tert-OH is 2. The van der Waals surface area contributed by atoms with Gasteiger partial charge in [-0.2, -0.15) is 8.78 Å². The summed E-state index contributed by atoms with van der Waals surface area (Å²) < 4.78 is 38.8. The molecule has 3 atom stereocenters. The van der Waals surface area contributed by atoms with Crippen LogP contribution in [0.2, 0.25) is 5.02 Å². The summed E-state index contributed by atoms with van der Waals surface area (Å²) in [5.41, 5.74) is 1.98. The maximum atomic E-state index is 13.9. The lowest BCUT2D eigenvalue weighted by Crippen LogP contribution is -2.57. The number of carbonyl (C=O) groups is 1. The van der Waals surface area contributed by atoms with Gasteiger partial charge in [-0.25, -0.2) is 0 Å². The molecule has 3 unspecified atom stereocenters. The summed E-state index contributed by atoms with van der Waals surface area (Å²) in [6.45, 7) is -0.318. The van der Waals surface area contributed by atoms with E-state index in [9.17, 15) is 23.8 Å². The van der Waals surface area contributed by atoms with Crippen LogP contribution in [0.1, 0.15) is 35.6 Å². The summed E-state index contributed by atoms with van der Waals surface area (Å²) in [7, 11) is 0. The van der Waals surface area contributed by atoms with E-state index in [0.29, 0.717) is 28.5 Å². The van der Waals surface area contributed by atoms with Crippen molar-refractivity contribution in [3.8, 4) is 5.75 Å². The van der Waals surface area contributed by atoms with Crippen LogP contribution >= 0.6 is 11.6 Å². The zero-order valence-electron chi connectivity index (χ0n) is 16.6. The van der Waals surface area contributed by atoms with E-state index in [-0.39, 0.29) is 0 Å². The third kappa shape index (κ3) is 4.75. The summed E-state index contributed by atoms with van der Waals surface area (Å²) in [4.78, 5) is 11.9. The van der Waals surface area contributed by atoms with Crippen LogP contribution < -0.4 is 4.74 Å². The first-order valence-electron chi connectivity index (χ1n) is 10.2. The van der Waals surface area contributed by atoms with Gasteiger partial charge in [0.2, 0.25) is 5.78 Å². The first-order valence-corrected chi connectivity index (χ1v) is 10.5. The van der Waals surface area contributed by atoms with Crippen LogP contribution in [0.5, 0.6) is 5.75 Å². The van der Waals surface area contributed by atoms with Gasteiger partial charge >= 0.3 is 5.92 Å². The van der Waals surface area contributed by atoms with E-state index in [2.05, 4.69) is 0 Å². The van der Waals surface area contributed by atoms with Crippen molar-refractivity contribution in [3.63, 3.8) is 0 Å². The molecule has 2 aromatic rings. The average Bonchev–Trinajstić information content (AvgIpc) is 3.58. The molecule has 1 saturated heterocycles. The van der Waals surface area contributed by atoms with Gasteiger partial charge in [0.25, 0.3) is 0 Å². The van der Waals surface area contributed by atoms with E-state index in [4.69, 9.17) is 21.1 Å². The number of ether oxygens (including phenoxy) is 2. The molecule has 31 heavy (non-hydrogen) atoms. The molecule has 2 aromatic carbocycles. The average molecular weight is 453 g/mol. The van der Waals surface area contributed by atoms with Crippen LogP contribution in [0, 0.1) is 5.92 Å². The fraction of sp³-hybridized carbons (Fsp3) is 0.435. The van der Waals surface area contributed by atoms with Gasteiger partial charge in [-0.05, 0) is 60.1 Å². The number of alkyl halides is 2. The maximum absolute atomic E-state index is 13.9. The fourth-order valence-electron chi connectivity index (χ4n) is 3.58. The summed E-state index contributed by atoms with van der Waals surface area (Å²) >= 11 is 6.32. The van der Waals surface area contributed by atoms with Crippen LogP contribution in [-0.2, 0) is 16.0 Å². The minimum absolute atomic E-state index is 0.332. The SMILES string of the molecule is O=C1C(O)C(c2ccc(Cl)c(Cc3ccc(OCC4CC4)cc3)c2)OC(CO)C1(F)F. The van der Waals surface area contributed by atoms with Crippen molar-refractivity contribution >= 4 is 17.4 Å². The number of hydrogen-bond donors (Lipinski definition) is 2. The molecule has 0 aromatic heterocycles. The monoisotopic (exact) mass is 452 g/mol. The summed E-state index contributed by atoms with van der Waals surface area (Å²) in [6.07, 6.45) is -2.50. The first-order chi connectivity index (χ1) is 14.8. The predicted molar refractivity (Wildman–Crippen MR) is 110 cm³/mol. The second kappa shape index (κ2) is 8.82. The molecule has 4 rings (SSSR count). The first kappa shape index (κ1) is 22.1. The third-order valence-electron chi connectivity index (χ3n) is 5.66. The van der Waals surface area contributed by atoms with Crippen LogP contribution in [0.3, 0.4) is 0 Å². The molecule has 1 heterocycles. The Hall–Kier alpha value is -2.06.